The van der Waals surface area contributed by atoms with Crippen LogP contribution >= 0.6 is 11.6 Å². The molecular formula is C23H27ClN4O. The number of nitrogens with zero attached hydrogens (tertiary/aromatic N) is 3. The van der Waals surface area contributed by atoms with Crippen LogP contribution in [0.2, 0.25) is 5.02 Å². The number of carbonyl (C=O) groups excluding carboxylic acids is 1. The number of carbonyl (C=O) groups is 1. The highest BCUT2D eigenvalue weighted by Gasteiger charge is 2.26. The topological polar surface area (TPSA) is 50.2 Å². The predicted octanol–water partition coefficient (Wildman–Crippen LogP) is 4.52. The van der Waals surface area contributed by atoms with Gasteiger partial charge in [0.25, 0.3) is 0 Å². The van der Waals surface area contributed by atoms with E-state index in [2.05, 4.69) is 17.1 Å². The Labute approximate surface area is 176 Å². The molecule has 1 N–H and O–H groups in total. The summed E-state index contributed by atoms with van der Waals surface area (Å²) in [6, 6.07) is 15.7. The lowest BCUT2D eigenvalue weighted by Crippen LogP contribution is -2.42. The van der Waals surface area contributed by atoms with Gasteiger partial charge in [-0.25, -0.2) is 0 Å². The second-order valence-corrected chi connectivity index (χ2v) is 8.10. The van der Waals surface area contributed by atoms with Crippen molar-refractivity contribution in [2.75, 3.05) is 19.6 Å². The maximum Gasteiger partial charge on any atom is 0.244 e. The Balaban J connectivity index is 1.60. The number of halogens is 1. The van der Waals surface area contributed by atoms with Gasteiger partial charge in [-0.15, -0.1) is 0 Å². The molecule has 1 aliphatic rings. The molecule has 0 aliphatic carbocycles. The molecule has 152 valence electrons. The Kier molecular flexibility index (Phi) is 5.88. The van der Waals surface area contributed by atoms with E-state index in [9.17, 15) is 4.79 Å². The summed E-state index contributed by atoms with van der Waals surface area (Å²) in [6.45, 7) is 6.92. The van der Waals surface area contributed by atoms with Crippen LogP contribution in [0.3, 0.4) is 0 Å². The Bertz CT molecular complexity index is 1000. The zero-order valence-corrected chi connectivity index (χ0v) is 17.7. The maximum atomic E-state index is 12.9. The van der Waals surface area contributed by atoms with E-state index in [-0.39, 0.29) is 5.91 Å². The number of amides is 1. The first kappa shape index (κ1) is 19.9. The Morgan fingerprint density at radius 3 is 2.83 bits per heavy atom. The average Bonchev–Trinajstić information content (AvgIpc) is 3.36. The van der Waals surface area contributed by atoms with Gasteiger partial charge in [-0.2, -0.15) is 5.10 Å². The van der Waals surface area contributed by atoms with Crippen molar-refractivity contribution in [2.24, 2.45) is 0 Å². The first-order valence-electron chi connectivity index (χ1n) is 10.3. The van der Waals surface area contributed by atoms with Gasteiger partial charge in [0.05, 0.1) is 5.52 Å². The summed E-state index contributed by atoms with van der Waals surface area (Å²) in [6.07, 6.45) is 2.35. The summed E-state index contributed by atoms with van der Waals surface area (Å²) in [5.74, 6) is -0.00749. The molecule has 0 spiro atoms. The maximum absolute atomic E-state index is 12.9. The summed E-state index contributed by atoms with van der Waals surface area (Å²) in [5.41, 5.74) is 2.76. The fraction of sp³-hybridized carbons (Fsp3) is 0.391. The molecule has 0 saturated carbocycles. The minimum atomic E-state index is -0.410. The van der Waals surface area contributed by atoms with Gasteiger partial charge in [0.1, 0.15) is 11.7 Å². The lowest BCUT2D eigenvalue weighted by Gasteiger charge is -2.23. The number of hydrogen-bond acceptors (Lipinski definition) is 3. The van der Waals surface area contributed by atoms with Crippen molar-refractivity contribution in [1.82, 2.24) is 20.0 Å². The highest BCUT2D eigenvalue weighted by atomic mass is 35.5. The van der Waals surface area contributed by atoms with Crippen LogP contribution in [0, 0.1) is 0 Å². The zero-order valence-electron chi connectivity index (χ0n) is 16.9. The molecule has 0 bridgehead atoms. The number of likely N-dealkylation sites (N-methyl/N-ethyl adjacent to an activating group) is 1. The molecule has 29 heavy (non-hydrogen) atoms. The largest absolute Gasteiger partial charge is 0.353 e. The van der Waals surface area contributed by atoms with Crippen LogP contribution in [-0.4, -0.2) is 46.3 Å². The molecule has 2 unspecified atom stereocenters. The first-order chi connectivity index (χ1) is 14.1. The van der Waals surface area contributed by atoms with Crippen LogP contribution < -0.4 is 5.32 Å². The van der Waals surface area contributed by atoms with E-state index < -0.39 is 6.04 Å². The quantitative estimate of drug-likeness (QED) is 0.650. The Hall–Kier alpha value is -2.37. The molecular weight excluding hydrogens is 384 g/mol. The van der Waals surface area contributed by atoms with Crippen molar-refractivity contribution in [3.63, 3.8) is 0 Å². The molecule has 2 aromatic carbocycles. The number of hydrogen-bond donors (Lipinski definition) is 1. The first-order valence-corrected chi connectivity index (χ1v) is 10.7. The number of rotatable bonds is 6. The number of likely N-dealkylation sites (tertiary alicyclic amines) is 1. The normalized spacial score (nSPS) is 18.2. The summed E-state index contributed by atoms with van der Waals surface area (Å²) < 4.78 is 1.82. The zero-order chi connectivity index (χ0) is 20.4. The van der Waals surface area contributed by atoms with Crippen molar-refractivity contribution >= 4 is 28.4 Å². The predicted molar refractivity (Wildman–Crippen MR) is 118 cm³/mol. The third kappa shape index (κ3) is 4.02. The lowest BCUT2D eigenvalue weighted by molar-refractivity contribution is -0.124. The Morgan fingerprint density at radius 1 is 1.28 bits per heavy atom. The molecule has 3 aromatic rings. The minimum absolute atomic E-state index is 0.00749. The molecule has 1 saturated heterocycles. The number of aromatic nitrogens is 2. The van der Waals surface area contributed by atoms with Crippen LogP contribution in [0.5, 0.6) is 0 Å². The van der Waals surface area contributed by atoms with E-state index in [0.717, 1.165) is 41.7 Å². The van der Waals surface area contributed by atoms with E-state index in [0.29, 0.717) is 17.6 Å². The molecule has 6 heteroatoms. The Morgan fingerprint density at radius 2 is 2.07 bits per heavy atom. The molecule has 2 heterocycles. The fourth-order valence-electron chi connectivity index (χ4n) is 4.24. The molecule has 1 fully saturated rings. The smallest absolute Gasteiger partial charge is 0.244 e. The molecule has 1 amide bonds. The van der Waals surface area contributed by atoms with Gasteiger partial charge in [0.15, 0.2) is 0 Å². The van der Waals surface area contributed by atoms with Crippen molar-refractivity contribution in [3.05, 3.63) is 53.6 Å². The van der Waals surface area contributed by atoms with Gasteiger partial charge in [0, 0.05) is 28.6 Å². The van der Waals surface area contributed by atoms with E-state index in [1.165, 1.54) is 6.42 Å². The highest BCUT2D eigenvalue weighted by Crippen LogP contribution is 2.31. The van der Waals surface area contributed by atoms with Gasteiger partial charge in [-0.05, 0) is 51.1 Å². The van der Waals surface area contributed by atoms with E-state index in [1.807, 2.05) is 60.1 Å². The van der Waals surface area contributed by atoms with E-state index in [1.54, 1.807) is 0 Å². The second kappa shape index (κ2) is 8.56. The molecule has 4 rings (SSSR count). The molecule has 1 aromatic heterocycles. The lowest BCUT2D eigenvalue weighted by atomic mass is 10.1. The van der Waals surface area contributed by atoms with Crippen molar-refractivity contribution in [2.45, 2.75) is 38.8 Å². The molecule has 1 aliphatic heterocycles. The van der Waals surface area contributed by atoms with Crippen LogP contribution in [-0.2, 0) is 4.79 Å². The van der Waals surface area contributed by atoms with Gasteiger partial charge >= 0.3 is 0 Å². The van der Waals surface area contributed by atoms with Crippen molar-refractivity contribution in [1.29, 1.82) is 0 Å². The monoisotopic (exact) mass is 410 g/mol. The van der Waals surface area contributed by atoms with Gasteiger partial charge in [0.2, 0.25) is 5.91 Å². The minimum Gasteiger partial charge on any atom is -0.353 e. The van der Waals surface area contributed by atoms with Gasteiger partial charge in [-0.1, -0.05) is 48.9 Å². The average molecular weight is 411 g/mol. The third-order valence-corrected chi connectivity index (χ3v) is 6.11. The summed E-state index contributed by atoms with van der Waals surface area (Å²) in [4.78, 5) is 15.4. The highest BCUT2D eigenvalue weighted by molar-refractivity contribution is 6.31. The summed E-state index contributed by atoms with van der Waals surface area (Å²) in [7, 11) is 0. The van der Waals surface area contributed by atoms with E-state index >= 15 is 0 Å². The van der Waals surface area contributed by atoms with Gasteiger partial charge in [-0.3, -0.25) is 14.4 Å². The standard InChI is InChI=1S/C23H27ClN4O/c1-3-27-13-7-10-19(27)15-25-23(29)16(2)28-21-12-11-18(24)14-20(21)22(26-28)17-8-5-4-6-9-17/h4-6,8-9,11-12,14,16,19H,3,7,10,13,15H2,1-2H3,(H,25,29). The van der Waals surface area contributed by atoms with Crippen LogP contribution in [0.4, 0.5) is 0 Å². The van der Waals surface area contributed by atoms with Crippen molar-refractivity contribution in [3.8, 4) is 11.3 Å². The SMILES string of the molecule is CCN1CCCC1CNC(=O)C(C)n1nc(-c2ccccc2)c2cc(Cl)ccc21. The number of fused-ring (bicyclic) bond motifs is 1. The van der Waals surface area contributed by atoms with Crippen LogP contribution in [0.1, 0.15) is 32.7 Å². The molecule has 5 nitrogen and oxygen atoms in total. The summed E-state index contributed by atoms with van der Waals surface area (Å²) >= 11 is 6.26. The van der Waals surface area contributed by atoms with E-state index in [4.69, 9.17) is 16.7 Å². The number of benzene rings is 2. The van der Waals surface area contributed by atoms with Crippen molar-refractivity contribution < 1.29 is 4.79 Å². The molecule has 0 radical (unpaired) electrons. The third-order valence-electron chi connectivity index (χ3n) is 5.88. The van der Waals surface area contributed by atoms with Crippen LogP contribution in [0.15, 0.2) is 48.5 Å². The van der Waals surface area contributed by atoms with Crippen LogP contribution in [0.25, 0.3) is 22.2 Å². The molecule has 2 atom stereocenters. The summed E-state index contributed by atoms with van der Waals surface area (Å²) in [5, 5.41) is 9.58. The fourth-order valence-corrected chi connectivity index (χ4v) is 4.41. The second-order valence-electron chi connectivity index (χ2n) is 7.67. The van der Waals surface area contributed by atoms with Gasteiger partial charge < -0.3 is 5.32 Å². The number of nitrogens with one attached hydrogen (secondary N) is 1.